The van der Waals surface area contributed by atoms with Gasteiger partial charge in [-0.15, -0.1) is 0 Å². The Balaban J connectivity index is 1.79. The molecule has 0 aromatic carbocycles. The molecular weight excluding hydrogens is 458 g/mol. The summed E-state index contributed by atoms with van der Waals surface area (Å²) in [7, 11) is 0. The predicted octanol–water partition coefficient (Wildman–Crippen LogP) is 2.52. The van der Waals surface area contributed by atoms with Gasteiger partial charge in [0.25, 0.3) is 0 Å². The van der Waals surface area contributed by atoms with Crippen molar-refractivity contribution in [1.29, 1.82) is 0 Å². The van der Waals surface area contributed by atoms with Crippen molar-refractivity contribution in [3.8, 4) is 0 Å². The third kappa shape index (κ3) is 4.30. The van der Waals surface area contributed by atoms with E-state index in [1.807, 2.05) is 48.0 Å². The van der Waals surface area contributed by atoms with Gasteiger partial charge in [0.15, 0.2) is 0 Å². The van der Waals surface area contributed by atoms with E-state index in [-0.39, 0.29) is 24.3 Å². The van der Waals surface area contributed by atoms with Crippen LogP contribution in [-0.2, 0) is 19.1 Å². The minimum Gasteiger partial charge on any atom is -0.396 e. The SMILES string of the molecule is CCCCCN1CC=C[C@]23O[C@]4(CC)C=CCN(CCC)C(=O)[C@@H]4[C@H]2C(=O)N(CCCCO)C3C1=O. The smallest absolute Gasteiger partial charge is 0.249 e. The number of aliphatic hydroxyl groups is 1. The first-order chi connectivity index (χ1) is 17.4. The maximum Gasteiger partial charge on any atom is 0.249 e. The van der Waals surface area contributed by atoms with Crippen LogP contribution in [0.2, 0.25) is 0 Å². The minimum absolute atomic E-state index is 0.0333. The number of fused-ring (bicyclic) bond motifs is 2. The summed E-state index contributed by atoms with van der Waals surface area (Å²) in [6.07, 6.45) is 13.4. The normalized spacial score (nSPS) is 33.6. The van der Waals surface area contributed by atoms with E-state index in [1.165, 1.54) is 0 Å². The molecule has 0 aromatic rings. The largest absolute Gasteiger partial charge is 0.396 e. The zero-order valence-corrected chi connectivity index (χ0v) is 22.2. The molecule has 0 aromatic heterocycles. The van der Waals surface area contributed by atoms with E-state index in [0.717, 1.165) is 25.7 Å². The molecule has 2 saturated heterocycles. The van der Waals surface area contributed by atoms with Crippen molar-refractivity contribution in [2.75, 3.05) is 39.3 Å². The first-order valence-electron chi connectivity index (χ1n) is 13.9. The summed E-state index contributed by atoms with van der Waals surface area (Å²) in [5.41, 5.74) is -2.10. The second kappa shape index (κ2) is 11.1. The van der Waals surface area contributed by atoms with Crippen molar-refractivity contribution in [2.45, 2.75) is 83.0 Å². The lowest BCUT2D eigenvalue weighted by atomic mass is 9.73. The van der Waals surface area contributed by atoms with Gasteiger partial charge in [-0.05, 0) is 32.1 Å². The van der Waals surface area contributed by atoms with Crippen LogP contribution in [0.25, 0.3) is 0 Å². The average molecular weight is 502 g/mol. The molecule has 1 unspecified atom stereocenters. The molecule has 4 rings (SSSR count). The Hall–Kier alpha value is -2.19. The van der Waals surface area contributed by atoms with Crippen LogP contribution in [0.15, 0.2) is 24.3 Å². The van der Waals surface area contributed by atoms with Crippen LogP contribution in [0.4, 0.5) is 0 Å². The summed E-state index contributed by atoms with van der Waals surface area (Å²) in [6.45, 7) is 8.81. The Morgan fingerprint density at radius 3 is 2.19 bits per heavy atom. The summed E-state index contributed by atoms with van der Waals surface area (Å²) in [6, 6.07) is -0.801. The zero-order valence-electron chi connectivity index (χ0n) is 22.2. The second-order valence-electron chi connectivity index (χ2n) is 10.7. The van der Waals surface area contributed by atoms with Gasteiger partial charge < -0.3 is 24.5 Å². The molecule has 200 valence electrons. The third-order valence-corrected chi connectivity index (χ3v) is 8.44. The topological polar surface area (TPSA) is 90.4 Å². The predicted molar refractivity (Wildman–Crippen MR) is 137 cm³/mol. The fourth-order valence-electron chi connectivity index (χ4n) is 6.72. The number of ether oxygens (including phenoxy) is 1. The fraction of sp³-hybridized carbons (Fsp3) is 0.750. The van der Waals surface area contributed by atoms with Crippen molar-refractivity contribution in [3.05, 3.63) is 24.3 Å². The first-order valence-corrected chi connectivity index (χ1v) is 13.9. The number of hydrogen-bond acceptors (Lipinski definition) is 5. The lowest BCUT2D eigenvalue weighted by Crippen LogP contribution is -2.56. The maximum atomic E-state index is 14.2. The van der Waals surface area contributed by atoms with Crippen molar-refractivity contribution in [2.24, 2.45) is 11.8 Å². The van der Waals surface area contributed by atoms with Gasteiger partial charge in [0.1, 0.15) is 11.6 Å². The van der Waals surface area contributed by atoms with Crippen molar-refractivity contribution >= 4 is 17.7 Å². The van der Waals surface area contributed by atoms with Gasteiger partial charge >= 0.3 is 0 Å². The van der Waals surface area contributed by atoms with Crippen LogP contribution in [0, 0.1) is 11.8 Å². The van der Waals surface area contributed by atoms with Gasteiger partial charge in [-0.1, -0.05) is 57.9 Å². The minimum atomic E-state index is -1.18. The van der Waals surface area contributed by atoms with E-state index < -0.39 is 29.1 Å². The van der Waals surface area contributed by atoms with Gasteiger partial charge in [-0.3, -0.25) is 14.4 Å². The first kappa shape index (κ1) is 26.9. The third-order valence-electron chi connectivity index (χ3n) is 8.44. The summed E-state index contributed by atoms with van der Waals surface area (Å²) in [4.78, 5) is 47.6. The zero-order chi connectivity index (χ0) is 25.9. The molecule has 0 radical (unpaired) electrons. The van der Waals surface area contributed by atoms with Crippen LogP contribution in [0.3, 0.4) is 0 Å². The molecule has 1 spiro atoms. The molecule has 8 heteroatoms. The number of unbranched alkanes of at least 4 members (excludes halogenated alkanes) is 3. The van der Waals surface area contributed by atoms with E-state index >= 15 is 0 Å². The number of carbonyl (C=O) groups excluding carboxylic acids is 3. The highest BCUT2D eigenvalue weighted by atomic mass is 16.5. The standard InChI is InChI=1S/C28H43N3O5/c1-4-7-8-16-30-18-12-14-28-22(25(34)31(19-9-10-20-32)23(28)26(30)35)21-24(33)29(15-5-2)17-11-13-27(21,6-3)36-28/h11-14,21-23,32H,4-10,15-20H2,1-3H3/t21-,22-,23?,27+,28-/m0/s1. The maximum absolute atomic E-state index is 14.2. The molecule has 8 nitrogen and oxygen atoms in total. The van der Waals surface area contributed by atoms with Crippen LogP contribution in [0.5, 0.6) is 0 Å². The summed E-state index contributed by atoms with van der Waals surface area (Å²) >= 11 is 0. The van der Waals surface area contributed by atoms with Gasteiger partial charge in [0.05, 0.1) is 17.4 Å². The molecule has 4 heterocycles. The van der Waals surface area contributed by atoms with Crippen molar-refractivity contribution < 1.29 is 24.2 Å². The second-order valence-corrected chi connectivity index (χ2v) is 10.7. The Kier molecular flexibility index (Phi) is 8.25. The Bertz CT molecular complexity index is 904. The molecule has 0 aliphatic carbocycles. The van der Waals surface area contributed by atoms with Crippen LogP contribution < -0.4 is 0 Å². The van der Waals surface area contributed by atoms with Gasteiger partial charge in [0.2, 0.25) is 17.7 Å². The molecule has 0 saturated carbocycles. The summed E-state index contributed by atoms with van der Waals surface area (Å²) in [5.74, 6) is -1.75. The molecular formula is C28H43N3O5. The van der Waals surface area contributed by atoms with Gasteiger partial charge in [-0.25, -0.2) is 0 Å². The molecule has 4 aliphatic rings. The van der Waals surface area contributed by atoms with Crippen molar-refractivity contribution in [1.82, 2.24) is 14.7 Å². The Labute approximate surface area is 215 Å². The molecule has 0 bridgehead atoms. The molecule has 3 amide bonds. The van der Waals surface area contributed by atoms with Crippen LogP contribution in [0.1, 0.15) is 65.7 Å². The highest BCUT2D eigenvalue weighted by Gasteiger charge is 2.75. The quantitative estimate of drug-likeness (QED) is 0.347. The van der Waals surface area contributed by atoms with Gasteiger partial charge in [-0.2, -0.15) is 0 Å². The molecule has 4 aliphatic heterocycles. The van der Waals surface area contributed by atoms with Gasteiger partial charge in [0, 0.05) is 39.3 Å². The number of aliphatic hydroxyl groups excluding tert-OH is 1. The Morgan fingerprint density at radius 2 is 1.53 bits per heavy atom. The number of likely N-dealkylation sites (tertiary alicyclic amines) is 1. The lowest BCUT2D eigenvalue weighted by Gasteiger charge is -2.38. The lowest BCUT2D eigenvalue weighted by molar-refractivity contribution is -0.154. The number of nitrogens with zero attached hydrogens (tertiary/aromatic N) is 3. The van der Waals surface area contributed by atoms with E-state index in [0.29, 0.717) is 52.0 Å². The number of rotatable bonds is 11. The number of amides is 3. The van der Waals surface area contributed by atoms with E-state index in [1.54, 1.807) is 4.90 Å². The van der Waals surface area contributed by atoms with E-state index in [4.69, 9.17) is 4.74 Å². The van der Waals surface area contributed by atoms with Crippen LogP contribution in [-0.4, -0.2) is 94.1 Å². The molecule has 2 fully saturated rings. The number of carbonyl (C=O) groups is 3. The van der Waals surface area contributed by atoms with E-state index in [2.05, 4.69) is 6.92 Å². The molecule has 1 N–H and O–H groups in total. The summed E-state index contributed by atoms with van der Waals surface area (Å²) in [5, 5.41) is 9.35. The van der Waals surface area contributed by atoms with E-state index in [9.17, 15) is 19.5 Å². The fourth-order valence-corrected chi connectivity index (χ4v) is 6.72. The van der Waals surface area contributed by atoms with Crippen molar-refractivity contribution in [3.63, 3.8) is 0 Å². The Morgan fingerprint density at radius 1 is 0.833 bits per heavy atom. The molecule has 36 heavy (non-hydrogen) atoms. The average Bonchev–Trinajstić information content (AvgIpc) is 3.16. The highest BCUT2D eigenvalue weighted by molar-refractivity contribution is 6.00. The highest BCUT2D eigenvalue weighted by Crippen LogP contribution is 2.58. The number of hydrogen-bond donors (Lipinski definition) is 1. The monoisotopic (exact) mass is 501 g/mol. The summed E-state index contributed by atoms with van der Waals surface area (Å²) < 4.78 is 6.95. The van der Waals surface area contributed by atoms with Crippen LogP contribution >= 0.6 is 0 Å². The molecule has 5 atom stereocenters.